The topological polar surface area (TPSA) is 52.6 Å². The average Bonchev–Trinajstić information content (AvgIpc) is 2.74. The van der Waals surface area contributed by atoms with Crippen LogP contribution >= 0.6 is 0 Å². The summed E-state index contributed by atoms with van der Waals surface area (Å²) in [6, 6.07) is 23.0. The van der Waals surface area contributed by atoms with E-state index in [1.54, 1.807) is 42.5 Å². The van der Waals surface area contributed by atoms with E-state index in [0.29, 0.717) is 23.5 Å². The van der Waals surface area contributed by atoms with E-state index in [9.17, 15) is 9.59 Å². The van der Waals surface area contributed by atoms with Crippen LogP contribution in [0.25, 0.3) is 6.08 Å². The average molecular weight is 372 g/mol. The van der Waals surface area contributed by atoms with Gasteiger partial charge in [-0.2, -0.15) is 0 Å². The minimum absolute atomic E-state index is 0.0751. The van der Waals surface area contributed by atoms with E-state index >= 15 is 0 Å². The first-order valence-electron chi connectivity index (χ1n) is 8.98. The van der Waals surface area contributed by atoms with Crippen molar-refractivity contribution in [2.75, 3.05) is 6.61 Å². The molecule has 0 unspecified atom stereocenters. The van der Waals surface area contributed by atoms with E-state index in [1.165, 1.54) is 6.08 Å². The number of rotatable bonds is 7. The van der Waals surface area contributed by atoms with Crippen LogP contribution in [0.4, 0.5) is 0 Å². The zero-order valence-electron chi connectivity index (χ0n) is 15.5. The normalized spacial score (nSPS) is 10.6. The van der Waals surface area contributed by atoms with Gasteiger partial charge in [-0.05, 0) is 55.0 Å². The molecule has 4 nitrogen and oxygen atoms in total. The molecule has 0 aliphatic heterocycles. The van der Waals surface area contributed by atoms with Gasteiger partial charge in [0.1, 0.15) is 11.5 Å². The van der Waals surface area contributed by atoms with Crippen LogP contribution in [0.5, 0.6) is 11.5 Å². The quantitative estimate of drug-likeness (QED) is 0.255. The van der Waals surface area contributed by atoms with Gasteiger partial charge in [-0.25, -0.2) is 4.79 Å². The molecular formula is C24H20O4. The second-order valence-electron chi connectivity index (χ2n) is 5.98. The molecule has 0 atom stereocenters. The van der Waals surface area contributed by atoms with Gasteiger partial charge in [0.05, 0.1) is 6.61 Å². The molecule has 0 N–H and O–H groups in total. The van der Waals surface area contributed by atoms with Gasteiger partial charge in [-0.1, -0.05) is 42.5 Å². The molecule has 0 spiro atoms. The Labute approximate surface area is 164 Å². The van der Waals surface area contributed by atoms with E-state index in [1.807, 2.05) is 49.4 Å². The number of ketones is 1. The van der Waals surface area contributed by atoms with Crippen molar-refractivity contribution in [1.82, 2.24) is 0 Å². The van der Waals surface area contributed by atoms with Crippen LogP contribution in [0.15, 0.2) is 84.9 Å². The summed E-state index contributed by atoms with van der Waals surface area (Å²) in [5.74, 6) is 0.600. The maximum Gasteiger partial charge on any atom is 0.336 e. The molecule has 0 bridgehead atoms. The maximum atomic E-state index is 12.4. The molecule has 0 saturated carbocycles. The van der Waals surface area contributed by atoms with Crippen LogP contribution in [0.1, 0.15) is 28.4 Å². The molecule has 0 amide bonds. The highest BCUT2D eigenvalue weighted by atomic mass is 16.5. The molecule has 3 aromatic rings. The maximum absolute atomic E-state index is 12.4. The molecule has 28 heavy (non-hydrogen) atoms. The highest BCUT2D eigenvalue weighted by Gasteiger charge is 2.09. The highest BCUT2D eigenvalue weighted by Crippen LogP contribution is 2.16. The summed E-state index contributed by atoms with van der Waals surface area (Å²) in [4.78, 5) is 24.4. The van der Waals surface area contributed by atoms with E-state index < -0.39 is 5.97 Å². The molecule has 3 rings (SSSR count). The molecule has 0 fully saturated rings. The SMILES string of the molecule is CCOc1ccc(/C=C/C(=O)Oc2ccc(C(=O)c3ccccc3)cc2)cc1. The number of hydrogen-bond donors (Lipinski definition) is 0. The molecule has 3 aromatic carbocycles. The van der Waals surface area contributed by atoms with Gasteiger partial charge in [0.2, 0.25) is 0 Å². The lowest BCUT2D eigenvalue weighted by Crippen LogP contribution is -2.05. The van der Waals surface area contributed by atoms with E-state index in [-0.39, 0.29) is 5.78 Å². The van der Waals surface area contributed by atoms with Crippen molar-refractivity contribution in [1.29, 1.82) is 0 Å². The summed E-state index contributed by atoms with van der Waals surface area (Å²) in [7, 11) is 0. The summed E-state index contributed by atoms with van der Waals surface area (Å²) in [5, 5.41) is 0. The fourth-order valence-electron chi connectivity index (χ4n) is 2.59. The molecule has 0 radical (unpaired) electrons. The van der Waals surface area contributed by atoms with Gasteiger partial charge in [0, 0.05) is 17.2 Å². The van der Waals surface area contributed by atoms with Crippen molar-refractivity contribution in [3.63, 3.8) is 0 Å². The Morgan fingerprint density at radius 3 is 2.04 bits per heavy atom. The summed E-state index contributed by atoms with van der Waals surface area (Å²) >= 11 is 0. The lowest BCUT2D eigenvalue weighted by molar-refractivity contribution is -0.128. The summed E-state index contributed by atoms with van der Waals surface area (Å²) in [6.07, 6.45) is 3.03. The third-order valence-electron chi connectivity index (χ3n) is 3.97. The zero-order chi connectivity index (χ0) is 19.8. The van der Waals surface area contributed by atoms with Crippen LogP contribution < -0.4 is 9.47 Å². The van der Waals surface area contributed by atoms with Crippen molar-refractivity contribution in [2.45, 2.75) is 6.92 Å². The van der Waals surface area contributed by atoms with Crippen LogP contribution in [0, 0.1) is 0 Å². The lowest BCUT2D eigenvalue weighted by atomic mass is 10.0. The monoisotopic (exact) mass is 372 g/mol. The number of carbonyl (C=O) groups excluding carboxylic acids is 2. The number of hydrogen-bond acceptors (Lipinski definition) is 4. The Bertz CT molecular complexity index is 956. The molecular weight excluding hydrogens is 352 g/mol. The molecule has 0 saturated heterocycles. The Morgan fingerprint density at radius 2 is 1.39 bits per heavy atom. The van der Waals surface area contributed by atoms with Gasteiger partial charge in [0.25, 0.3) is 0 Å². The first-order chi connectivity index (χ1) is 13.7. The fraction of sp³-hybridized carbons (Fsp3) is 0.0833. The largest absolute Gasteiger partial charge is 0.494 e. The van der Waals surface area contributed by atoms with Crippen molar-refractivity contribution in [3.8, 4) is 11.5 Å². The van der Waals surface area contributed by atoms with Crippen LogP contribution in [-0.2, 0) is 4.79 Å². The Balaban J connectivity index is 1.59. The summed E-state index contributed by atoms with van der Waals surface area (Å²) in [5.41, 5.74) is 2.02. The van der Waals surface area contributed by atoms with Crippen molar-refractivity contribution < 1.29 is 19.1 Å². The number of carbonyl (C=O) groups is 2. The molecule has 0 aromatic heterocycles. The fourth-order valence-corrected chi connectivity index (χ4v) is 2.59. The predicted molar refractivity (Wildman–Crippen MR) is 109 cm³/mol. The first-order valence-corrected chi connectivity index (χ1v) is 8.98. The molecule has 0 aliphatic carbocycles. The van der Waals surface area contributed by atoms with Gasteiger partial charge in [0.15, 0.2) is 5.78 Å². The number of esters is 1. The smallest absolute Gasteiger partial charge is 0.336 e. The minimum atomic E-state index is -0.490. The van der Waals surface area contributed by atoms with Gasteiger partial charge >= 0.3 is 5.97 Å². The van der Waals surface area contributed by atoms with E-state index in [0.717, 1.165) is 11.3 Å². The van der Waals surface area contributed by atoms with Gasteiger partial charge in [-0.15, -0.1) is 0 Å². The lowest BCUT2D eigenvalue weighted by Gasteiger charge is -2.04. The van der Waals surface area contributed by atoms with Crippen molar-refractivity contribution in [2.24, 2.45) is 0 Å². The molecule has 0 aliphatic rings. The summed E-state index contributed by atoms with van der Waals surface area (Å²) < 4.78 is 10.7. The Hall–Kier alpha value is -3.66. The predicted octanol–water partition coefficient (Wildman–Crippen LogP) is 4.94. The van der Waals surface area contributed by atoms with Crippen LogP contribution in [0.2, 0.25) is 0 Å². The second kappa shape index (κ2) is 9.33. The second-order valence-corrected chi connectivity index (χ2v) is 5.98. The van der Waals surface area contributed by atoms with Crippen LogP contribution in [-0.4, -0.2) is 18.4 Å². The standard InChI is InChI=1S/C24H20O4/c1-2-27-21-13-8-18(9-14-21)10-17-23(25)28-22-15-11-20(12-16-22)24(26)19-6-4-3-5-7-19/h3-17H,2H2,1H3/b17-10+. The third kappa shape index (κ3) is 5.17. The van der Waals surface area contributed by atoms with Gasteiger partial charge in [-0.3, -0.25) is 4.79 Å². The first kappa shape index (κ1) is 19.1. The minimum Gasteiger partial charge on any atom is -0.494 e. The van der Waals surface area contributed by atoms with Gasteiger partial charge < -0.3 is 9.47 Å². The highest BCUT2D eigenvalue weighted by molar-refractivity contribution is 6.09. The Kier molecular flexibility index (Phi) is 6.37. The van der Waals surface area contributed by atoms with Crippen molar-refractivity contribution >= 4 is 17.8 Å². The van der Waals surface area contributed by atoms with Crippen molar-refractivity contribution in [3.05, 3.63) is 102 Å². The molecule has 0 heterocycles. The van der Waals surface area contributed by atoms with E-state index in [4.69, 9.17) is 9.47 Å². The zero-order valence-corrected chi connectivity index (χ0v) is 15.5. The molecule has 4 heteroatoms. The number of benzene rings is 3. The van der Waals surface area contributed by atoms with E-state index in [2.05, 4.69) is 0 Å². The Morgan fingerprint density at radius 1 is 0.786 bits per heavy atom. The third-order valence-corrected chi connectivity index (χ3v) is 3.97. The summed E-state index contributed by atoms with van der Waals surface area (Å²) in [6.45, 7) is 2.53. The molecule has 140 valence electrons. The number of ether oxygens (including phenoxy) is 2. The van der Waals surface area contributed by atoms with Crippen LogP contribution in [0.3, 0.4) is 0 Å².